The van der Waals surface area contributed by atoms with Gasteiger partial charge in [-0.15, -0.1) is 0 Å². The highest BCUT2D eigenvalue weighted by molar-refractivity contribution is 5.91. The number of furan rings is 1. The van der Waals surface area contributed by atoms with Crippen molar-refractivity contribution in [3.63, 3.8) is 0 Å². The van der Waals surface area contributed by atoms with Gasteiger partial charge in [0.25, 0.3) is 5.91 Å². The molecule has 0 aliphatic rings. The first-order valence-corrected chi connectivity index (χ1v) is 9.36. The Hall–Kier alpha value is -3.80. The number of benzene rings is 2. The summed E-state index contributed by atoms with van der Waals surface area (Å²) in [6.07, 6.45) is 3.99. The Kier molecular flexibility index (Phi) is 5.71. The fourth-order valence-electron chi connectivity index (χ4n) is 3.04. The Bertz CT molecular complexity index is 1060. The van der Waals surface area contributed by atoms with Crippen LogP contribution in [0.4, 0.5) is 5.82 Å². The van der Waals surface area contributed by atoms with E-state index in [1.54, 1.807) is 23.2 Å². The number of nitrogens with zero attached hydrogens (tertiary/aromatic N) is 2. The number of ether oxygens (including phenoxy) is 1. The molecular formula is C23H21N3O3. The number of para-hydroxylation sites is 1. The van der Waals surface area contributed by atoms with Gasteiger partial charge in [0.05, 0.1) is 12.5 Å². The van der Waals surface area contributed by atoms with Gasteiger partial charge in [-0.25, -0.2) is 4.68 Å². The number of carbonyl (C=O) groups excluding carboxylic acids is 1. The molecule has 0 aliphatic carbocycles. The number of anilines is 1. The van der Waals surface area contributed by atoms with Crippen LogP contribution in [0.1, 0.15) is 16.9 Å². The molecule has 2 aromatic carbocycles. The van der Waals surface area contributed by atoms with Crippen molar-refractivity contribution in [1.29, 1.82) is 0 Å². The summed E-state index contributed by atoms with van der Waals surface area (Å²) in [4.78, 5) is 12.4. The summed E-state index contributed by atoms with van der Waals surface area (Å²) in [5.41, 5.74) is 2.23. The van der Waals surface area contributed by atoms with Crippen LogP contribution in [0, 0.1) is 0 Å². The van der Waals surface area contributed by atoms with Crippen molar-refractivity contribution in [2.75, 3.05) is 11.9 Å². The number of hydrogen-bond acceptors (Lipinski definition) is 4. The number of carbonyl (C=O) groups is 1. The van der Waals surface area contributed by atoms with E-state index in [1.807, 2.05) is 54.6 Å². The van der Waals surface area contributed by atoms with E-state index in [0.29, 0.717) is 18.1 Å². The summed E-state index contributed by atoms with van der Waals surface area (Å²) in [7, 11) is 0. The second-order valence-electron chi connectivity index (χ2n) is 6.56. The second kappa shape index (κ2) is 8.93. The Labute approximate surface area is 168 Å². The van der Waals surface area contributed by atoms with Gasteiger partial charge in [-0.2, -0.15) is 5.10 Å². The van der Waals surface area contributed by atoms with Gasteiger partial charge in [-0.3, -0.25) is 4.79 Å². The van der Waals surface area contributed by atoms with Crippen molar-refractivity contribution in [1.82, 2.24) is 9.78 Å². The molecule has 1 N–H and O–H groups in total. The normalized spacial score (nSPS) is 10.6. The van der Waals surface area contributed by atoms with Gasteiger partial charge in [0.2, 0.25) is 0 Å². The van der Waals surface area contributed by atoms with Crippen molar-refractivity contribution >= 4 is 11.7 Å². The van der Waals surface area contributed by atoms with E-state index in [9.17, 15) is 4.79 Å². The topological polar surface area (TPSA) is 69.3 Å². The van der Waals surface area contributed by atoms with Gasteiger partial charge in [0.1, 0.15) is 23.9 Å². The number of amides is 1. The largest absolute Gasteiger partial charge is 0.483 e. The van der Waals surface area contributed by atoms with Crippen LogP contribution in [0.2, 0.25) is 0 Å². The summed E-state index contributed by atoms with van der Waals surface area (Å²) < 4.78 is 12.8. The molecule has 0 saturated heterocycles. The first-order valence-electron chi connectivity index (χ1n) is 9.36. The van der Waals surface area contributed by atoms with Crippen LogP contribution in [0.15, 0.2) is 89.7 Å². The highest BCUT2D eigenvalue weighted by Crippen LogP contribution is 2.21. The predicted molar refractivity (Wildman–Crippen MR) is 110 cm³/mol. The van der Waals surface area contributed by atoms with Crippen molar-refractivity contribution in [3.05, 3.63) is 102 Å². The van der Waals surface area contributed by atoms with E-state index < -0.39 is 0 Å². The molecule has 4 rings (SSSR count). The molecule has 146 valence electrons. The third-order valence-corrected chi connectivity index (χ3v) is 4.44. The summed E-state index contributed by atoms with van der Waals surface area (Å²) in [5.74, 6) is 1.80. The minimum atomic E-state index is -0.249. The lowest BCUT2D eigenvalue weighted by Crippen LogP contribution is -2.22. The molecule has 0 aliphatic heterocycles. The zero-order valence-corrected chi connectivity index (χ0v) is 15.8. The molecule has 1 amide bonds. The molecule has 0 fully saturated rings. The zero-order valence-electron chi connectivity index (χ0n) is 15.8. The van der Waals surface area contributed by atoms with Gasteiger partial charge in [0, 0.05) is 12.5 Å². The average Bonchev–Trinajstić information content (AvgIpc) is 3.41. The third-order valence-electron chi connectivity index (χ3n) is 4.44. The maximum Gasteiger partial charge on any atom is 0.263 e. The van der Waals surface area contributed by atoms with Crippen molar-refractivity contribution in [3.8, 4) is 5.75 Å². The smallest absolute Gasteiger partial charge is 0.263 e. The van der Waals surface area contributed by atoms with Crippen LogP contribution in [0.3, 0.4) is 0 Å². The molecule has 29 heavy (non-hydrogen) atoms. The van der Waals surface area contributed by atoms with E-state index in [1.165, 1.54) is 5.56 Å². The van der Waals surface area contributed by atoms with Crippen molar-refractivity contribution in [2.45, 2.75) is 13.0 Å². The van der Waals surface area contributed by atoms with Crippen LogP contribution in [0.25, 0.3) is 0 Å². The van der Waals surface area contributed by atoms with Crippen LogP contribution in [0.5, 0.6) is 5.75 Å². The van der Waals surface area contributed by atoms with Gasteiger partial charge >= 0.3 is 0 Å². The van der Waals surface area contributed by atoms with E-state index in [4.69, 9.17) is 9.15 Å². The van der Waals surface area contributed by atoms with Gasteiger partial charge in [-0.1, -0.05) is 48.5 Å². The SMILES string of the molecule is O=C(COc1ccccc1Cc1ccccc1)Nc1ccnn1Cc1ccco1. The van der Waals surface area contributed by atoms with Gasteiger partial charge in [0.15, 0.2) is 6.61 Å². The first kappa shape index (κ1) is 18.6. The summed E-state index contributed by atoms with van der Waals surface area (Å²) >= 11 is 0. The highest BCUT2D eigenvalue weighted by atomic mass is 16.5. The summed E-state index contributed by atoms with van der Waals surface area (Å²) in [6.45, 7) is 0.355. The third kappa shape index (κ3) is 4.93. The van der Waals surface area contributed by atoms with Crippen molar-refractivity contribution < 1.29 is 13.9 Å². The number of rotatable bonds is 8. The Morgan fingerprint density at radius 2 is 1.83 bits per heavy atom. The van der Waals surface area contributed by atoms with Crippen LogP contribution in [-0.4, -0.2) is 22.3 Å². The molecule has 0 unspecified atom stereocenters. The summed E-state index contributed by atoms with van der Waals surface area (Å²) in [5, 5.41) is 7.06. The molecule has 0 atom stereocenters. The summed E-state index contributed by atoms with van der Waals surface area (Å²) in [6, 6.07) is 23.3. The lowest BCUT2D eigenvalue weighted by Gasteiger charge is -2.12. The lowest BCUT2D eigenvalue weighted by atomic mass is 10.0. The molecule has 2 aromatic heterocycles. The molecule has 0 radical (unpaired) electrons. The Morgan fingerprint density at radius 3 is 2.66 bits per heavy atom. The monoisotopic (exact) mass is 387 g/mol. The molecule has 0 spiro atoms. The van der Waals surface area contributed by atoms with Crippen LogP contribution < -0.4 is 10.1 Å². The maximum absolute atomic E-state index is 12.4. The van der Waals surface area contributed by atoms with Crippen LogP contribution >= 0.6 is 0 Å². The Balaban J connectivity index is 1.37. The fourth-order valence-corrected chi connectivity index (χ4v) is 3.04. The highest BCUT2D eigenvalue weighted by Gasteiger charge is 2.11. The minimum absolute atomic E-state index is 0.0856. The lowest BCUT2D eigenvalue weighted by molar-refractivity contribution is -0.118. The quantitative estimate of drug-likeness (QED) is 0.493. The second-order valence-corrected chi connectivity index (χ2v) is 6.56. The predicted octanol–water partition coefficient (Wildman–Crippen LogP) is 4.13. The van der Waals surface area contributed by atoms with E-state index >= 15 is 0 Å². The minimum Gasteiger partial charge on any atom is -0.483 e. The van der Waals surface area contributed by atoms with Crippen LogP contribution in [-0.2, 0) is 17.8 Å². The molecule has 2 heterocycles. The van der Waals surface area contributed by atoms with E-state index in [2.05, 4.69) is 22.5 Å². The molecule has 0 bridgehead atoms. The van der Waals surface area contributed by atoms with Gasteiger partial charge in [-0.05, 0) is 29.3 Å². The number of aromatic nitrogens is 2. The molecule has 4 aromatic rings. The average molecular weight is 387 g/mol. The van der Waals surface area contributed by atoms with Gasteiger partial charge < -0.3 is 14.5 Å². The van der Waals surface area contributed by atoms with E-state index in [-0.39, 0.29) is 12.5 Å². The molecule has 6 heteroatoms. The Morgan fingerprint density at radius 1 is 1.00 bits per heavy atom. The maximum atomic E-state index is 12.4. The zero-order chi connectivity index (χ0) is 19.9. The molecule has 6 nitrogen and oxygen atoms in total. The van der Waals surface area contributed by atoms with Crippen molar-refractivity contribution in [2.24, 2.45) is 0 Å². The van der Waals surface area contributed by atoms with E-state index in [0.717, 1.165) is 17.7 Å². The fraction of sp³-hybridized carbons (Fsp3) is 0.130. The number of hydrogen-bond donors (Lipinski definition) is 1. The number of nitrogens with one attached hydrogen (secondary N) is 1. The first-order chi connectivity index (χ1) is 14.3. The molecular weight excluding hydrogens is 366 g/mol. The molecule has 0 saturated carbocycles. The standard InChI is InChI=1S/C23H21N3O3/c27-23(25-22-12-13-24-26(22)16-20-10-6-14-28-20)17-29-21-11-5-4-9-19(21)15-18-7-2-1-3-8-18/h1-14H,15-17H2,(H,25,27).